The Morgan fingerprint density at radius 1 is 1.38 bits per heavy atom. The highest BCUT2D eigenvalue weighted by Gasteiger charge is 2.10. The largest absolute Gasteiger partial charge is 0.317 e. The Kier molecular flexibility index (Phi) is 5.95. The van der Waals surface area contributed by atoms with Crippen LogP contribution in [0.1, 0.15) is 36.7 Å². The minimum atomic E-state index is 0.364. The number of hydrogen-bond donors (Lipinski definition) is 2. The summed E-state index contributed by atoms with van der Waals surface area (Å²) in [6.07, 6.45) is 1.94. The van der Waals surface area contributed by atoms with Crippen LogP contribution in [0.4, 0.5) is 0 Å². The number of nitrogens with one attached hydrogen (secondary N) is 2. The summed E-state index contributed by atoms with van der Waals surface area (Å²) in [4.78, 5) is 5.68. The molecule has 0 saturated carbocycles. The van der Waals surface area contributed by atoms with Gasteiger partial charge in [0.1, 0.15) is 5.01 Å². The van der Waals surface area contributed by atoms with E-state index in [2.05, 4.69) is 43.3 Å². The maximum absolute atomic E-state index is 4.40. The number of aromatic nitrogens is 1. The predicted molar refractivity (Wildman–Crippen MR) is 71.0 cm³/mol. The van der Waals surface area contributed by atoms with Crippen LogP contribution < -0.4 is 10.6 Å². The molecule has 92 valence electrons. The zero-order valence-electron chi connectivity index (χ0n) is 10.7. The van der Waals surface area contributed by atoms with Gasteiger partial charge in [-0.05, 0) is 39.4 Å². The maximum atomic E-state index is 4.40. The molecule has 16 heavy (non-hydrogen) atoms. The molecule has 2 N–H and O–H groups in total. The molecule has 0 radical (unpaired) electrons. The highest BCUT2D eigenvalue weighted by atomic mass is 32.1. The van der Waals surface area contributed by atoms with Gasteiger partial charge in [0, 0.05) is 11.1 Å². The van der Waals surface area contributed by atoms with Crippen molar-refractivity contribution in [3.63, 3.8) is 0 Å². The fourth-order valence-corrected chi connectivity index (χ4v) is 2.30. The van der Waals surface area contributed by atoms with Crippen LogP contribution in [-0.4, -0.2) is 24.6 Å². The molecule has 0 aliphatic rings. The van der Waals surface area contributed by atoms with Crippen molar-refractivity contribution in [2.75, 3.05) is 19.6 Å². The second-order valence-electron chi connectivity index (χ2n) is 4.35. The summed E-state index contributed by atoms with van der Waals surface area (Å²) in [5.74, 6) is 0.656. The lowest BCUT2D eigenvalue weighted by molar-refractivity contribution is 0.448. The lowest BCUT2D eigenvalue weighted by atomic mass is 10.1. The van der Waals surface area contributed by atoms with E-state index in [1.165, 1.54) is 9.88 Å². The number of hydrogen-bond acceptors (Lipinski definition) is 4. The maximum Gasteiger partial charge on any atom is 0.109 e. The SMILES string of the molecule is CCNCC(C)CNC(C)c1ncc(C)s1. The first kappa shape index (κ1) is 13.6. The average Bonchev–Trinajstić information content (AvgIpc) is 2.69. The van der Waals surface area contributed by atoms with Gasteiger partial charge in [-0.15, -0.1) is 11.3 Å². The van der Waals surface area contributed by atoms with E-state index in [-0.39, 0.29) is 0 Å². The first-order valence-corrected chi connectivity index (χ1v) is 6.81. The zero-order chi connectivity index (χ0) is 12.0. The number of aryl methyl sites for hydroxylation is 1. The van der Waals surface area contributed by atoms with Gasteiger partial charge < -0.3 is 10.6 Å². The van der Waals surface area contributed by atoms with E-state index in [0.29, 0.717) is 12.0 Å². The lowest BCUT2D eigenvalue weighted by Gasteiger charge is -2.16. The summed E-state index contributed by atoms with van der Waals surface area (Å²) in [6, 6.07) is 0.364. The first-order chi connectivity index (χ1) is 7.63. The van der Waals surface area contributed by atoms with Gasteiger partial charge >= 0.3 is 0 Å². The summed E-state index contributed by atoms with van der Waals surface area (Å²) >= 11 is 1.78. The third-order valence-corrected chi connectivity index (χ3v) is 3.62. The highest BCUT2D eigenvalue weighted by Crippen LogP contribution is 2.18. The topological polar surface area (TPSA) is 37.0 Å². The van der Waals surface area contributed by atoms with Crippen molar-refractivity contribution in [2.24, 2.45) is 5.92 Å². The molecule has 1 aromatic rings. The van der Waals surface area contributed by atoms with Gasteiger partial charge in [-0.3, -0.25) is 0 Å². The fraction of sp³-hybridized carbons (Fsp3) is 0.750. The Morgan fingerprint density at radius 3 is 2.69 bits per heavy atom. The average molecular weight is 241 g/mol. The summed E-state index contributed by atoms with van der Waals surface area (Å²) in [7, 11) is 0. The Hall–Kier alpha value is -0.450. The van der Waals surface area contributed by atoms with Crippen molar-refractivity contribution >= 4 is 11.3 Å². The molecular weight excluding hydrogens is 218 g/mol. The molecule has 1 aromatic heterocycles. The minimum absolute atomic E-state index is 0.364. The van der Waals surface area contributed by atoms with E-state index in [1.54, 1.807) is 11.3 Å². The van der Waals surface area contributed by atoms with E-state index in [1.807, 2.05) is 6.20 Å². The Balaban J connectivity index is 2.27. The van der Waals surface area contributed by atoms with Crippen molar-refractivity contribution in [3.05, 3.63) is 16.1 Å². The normalized spacial score (nSPS) is 15.0. The van der Waals surface area contributed by atoms with Gasteiger partial charge in [0.25, 0.3) is 0 Å². The fourth-order valence-electron chi connectivity index (χ4n) is 1.50. The van der Waals surface area contributed by atoms with E-state index in [9.17, 15) is 0 Å². The molecule has 2 unspecified atom stereocenters. The quantitative estimate of drug-likeness (QED) is 0.769. The van der Waals surface area contributed by atoms with Crippen molar-refractivity contribution < 1.29 is 0 Å². The van der Waals surface area contributed by atoms with Gasteiger partial charge in [0.05, 0.1) is 6.04 Å². The summed E-state index contributed by atoms with van der Waals surface area (Å²) in [5, 5.41) is 8.08. The number of rotatable bonds is 7. The molecule has 0 bridgehead atoms. The number of nitrogens with zero attached hydrogens (tertiary/aromatic N) is 1. The molecule has 0 amide bonds. The van der Waals surface area contributed by atoms with E-state index < -0.39 is 0 Å². The van der Waals surface area contributed by atoms with Crippen LogP contribution in [0, 0.1) is 12.8 Å². The van der Waals surface area contributed by atoms with Gasteiger partial charge in [-0.1, -0.05) is 13.8 Å². The molecule has 4 heteroatoms. The molecule has 0 saturated heterocycles. The summed E-state index contributed by atoms with van der Waals surface area (Å²) < 4.78 is 0. The van der Waals surface area contributed by atoms with E-state index in [0.717, 1.165) is 19.6 Å². The van der Waals surface area contributed by atoms with Crippen LogP contribution in [0.2, 0.25) is 0 Å². The van der Waals surface area contributed by atoms with Gasteiger partial charge in [-0.25, -0.2) is 4.98 Å². The molecule has 3 nitrogen and oxygen atoms in total. The molecule has 0 aliphatic heterocycles. The predicted octanol–water partition coefficient (Wildman–Crippen LogP) is 2.35. The minimum Gasteiger partial charge on any atom is -0.317 e. The standard InChI is InChI=1S/C12H23N3S/c1-5-13-6-9(2)7-14-11(4)12-15-8-10(3)16-12/h8-9,11,13-14H,5-7H2,1-4H3. The van der Waals surface area contributed by atoms with Gasteiger partial charge in [0.15, 0.2) is 0 Å². The van der Waals surface area contributed by atoms with Crippen LogP contribution >= 0.6 is 11.3 Å². The molecule has 0 spiro atoms. The van der Waals surface area contributed by atoms with Gasteiger partial charge in [-0.2, -0.15) is 0 Å². The highest BCUT2D eigenvalue weighted by molar-refractivity contribution is 7.11. The van der Waals surface area contributed by atoms with Crippen LogP contribution in [0.25, 0.3) is 0 Å². The Morgan fingerprint density at radius 2 is 2.12 bits per heavy atom. The first-order valence-electron chi connectivity index (χ1n) is 6.00. The van der Waals surface area contributed by atoms with Crippen molar-refractivity contribution in [1.29, 1.82) is 0 Å². The molecule has 0 aromatic carbocycles. The van der Waals surface area contributed by atoms with Crippen molar-refractivity contribution in [1.82, 2.24) is 15.6 Å². The Labute approximate surface area is 103 Å². The van der Waals surface area contributed by atoms with Crippen molar-refractivity contribution in [3.8, 4) is 0 Å². The van der Waals surface area contributed by atoms with Crippen LogP contribution in [0.3, 0.4) is 0 Å². The Bertz CT molecular complexity index is 298. The molecule has 0 aliphatic carbocycles. The summed E-state index contributed by atoms with van der Waals surface area (Å²) in [5.41, 5.74) is 0. The third-order valence-electron chi connectivity index (χ3n) is 2.52. The van der Waals surface area contributed by atoms with E-state index >= 15 is 0 Å². The van der Waals surface area contributed by atoms with Crippen LogP contribution in [0.15, 0.2) is 6.20 Å². The molecule has 2 atom stereocenters. The molecular formula is C12H23N3S. The number of thiazole rings is 1. The second-order valence-corrected chi connectivity index (χ2v) is 5.62. The van der Waals surface area contributed by atoms with Gasteiger partial charge in [0.2, 0.25) is 0 Å². The molecule has 0 fully saturated rings. The molecule has 1 heterocycles. The second kappa shape index (κ2) is 6.99. The van der Waals surface area contributed by atoms with Crippen molar-refractivity contribution in [2.45, 2.75) is 33.7 Å². The summed E-state index contributed by atoms with van der Waals surface area (Å²) in [6.45, 7) is 11.8. The third kappa shape index (κ3) is 4.60. The smallest absolute Gasteiger partial charge is 0.109 e. The van der Waals surface area contributed by atoms with Crippen LogP contribution in [0.5, 0.6) is 0 Å². The van der Waals surface area contributed by atoms with Crippen LogP contribution in [-0.2, 0) is 0 Å². The van der Waals surface area contributed by atoms with E-state index in [4.69, 9.17) is 0 Å². The monoisotopic (exact) mass is 241 g/mol. The molecule has 1 rings (SSSR count). The lowest BCUT2D eigenvalue weighted by Crippen LogP contribution is -2.30. The zero-order valence-corrected chi connectivity index (χ0v) is 11.5.